The molecule has 1 amide bonds. The van der Waals surface area contributed by atoms with Crippen molar-refractivity contribution >= 4 is 21.9 Å². The first-order valence-electron chi connectivity index (χ1n) is 6.65. The molecule has 2 N–H and O–H groups in total. The number of carbonyl (C=O) groups excluding carboxylic acids is 2. The number of benzene rings is 1. The molecular weight excluding hydrogens is 308 g/mol. The van der Waals surface area contributed by atoms with Gasteiger partial charge in [-0.2, -0.15) is 4.31 Å². The van der Waals surface area contributed by atoms with Crippen LogP contribution in [0.4, 0.5) is 0 Å². The Hall–Kier alpha value is -1.93. The van der Waals surface area contributed by atoms with Crippen LogP contribution < -0.4 is 5.73 Å². The van der Waals surface area contributed by atoms with E-state index in [4.69, 9.17) is 10.5 Å². The van der Waals surface area contributed by atoms with Crippen LogP contribution in [0, 0.1) is 0 Å². The molecule has 0 saturated carbocycles. The molecular formula is C14H20N2O5S. The quantitative estimate of drug-likeness (QED) is 0.775. The molecule has 1 aromatic carbocycles. The van der Waals surface area contributed by atoms with E-state index in [9.17, 15) is 18.0 Å². The van der Waals surface area contributed by atoms with E-state index in [2.05, 4.69) is 0 Å². The number of hydrogen-bond acceptors (Lipinski definition) is 5. The number of rotatable bonds is 6. The molecule has 1 rings (SSSR count). The summed E-state index contributed by atoms with van der Waals surface area (Å²) in [6.07, 6.45) is -1.09. The van der Waals surface area contributed by atoms with Crippen LogP contribution >= 0.6 is 0 Å². The monoisotopic (exact) mass is 328 g/mol. The maximum Gasteiger partial charge on any atom is 0.338 e. The van der Waals surface area contributed by atoms with Crippen LogP contribution in [-0.2, 0) is 19.6 Å². The van der Waals surface area contributed by atoms with Gasteiger partial charge in [0.2, 0.25) is 10.0 Å². The molecule has 122 valence electrons. The zero-order valence-corrected chi connectivity index (χ0v) is 13.8. The molecule has 0 saturated heterocycles. The van der Waals surface area contributed by atoms with E-state index < -0.39 is 28.0 Å². The molecule has 7 nitrogen and oxygen atoms in total. The zero-order chi connectivity index (χ0) is 17.1. The van der Waals surface area contributed by atoms with E-state index in [1.54, 1.807) is 13.8 Å². The summed E-state index contributed by atoms with van der Waals surface area (Å²) in [5, 5.41) is 0. The second kappa shape index (κ2) is 6.89. The molecule has 0 aliphatic carbocycles. The average molecular weight is 328 g/mol. The first kappa shape index (κ1) is 18.1. The predicted molar refractivity (Wildman–Crippen MR) is 80.6 cm³/mol. The topological polar surface area (TPSA) is 107 Å². The minimum absolute atomic E-state index is 0.0233. The maximum atomic E-state index is 12.4. The van der Waals surface area contributed by atoms with Gasteiger partial charge in [0.25, 0.3) is 5.91 Å². The van der Waals surface area contributed by atoms with Gasteiger partial charge in [-0.1, -0.05) is 6.07 Å². The fourth-order valence-electron chi connectivity index (χ4n) is 1.51. The standard InChI is InChI=1S/C14H20N2O5S/c1-9(2)16(4)22(19,20)12-7-5-6-11(8-12)14(18)21-10(3)13(15)17/h5-10H,1-4H3,(H2,15,17)/t10-/m0/s1. The summed E-state index contributed by atoms with van der Waals surface area (Å²) < 4.78 is 30.8. The Kier molecular flexibility index (Phi) is 5.67. The number of hydrogen-bond donors (Lipinski definition) is 1. The smallest absolute Gasteiger partial charge is 0.338 e. The molecule has 8 heteroatoms. The van der Waals surface area contributed by atoms with E-state index in [0.717, 1.165) is 0 Å². The number of ether oxygens (including phenoxy) is 1. The van der Waals surface area contributed by atoms with Crippen molar-refractivity contribution in [3.8, 4) is 0 Å². The lowest BCUT2D eigenvalue weighted by atomic mass is 10.2. The highest BCUT2D eigenvalue weighted by Gasteiger charge is 2.24. The molecule has 0 heterocycles. The number of esters is 1. The van der Waals surface area contributed by atoms with Gasteiger partial charge < -0.3 is 10.5 Å². The highest BCUT2D eigenvalue weighted by atomic mass is 32.2. The normalized spacial score (nSPS) is 13.2. The van der Waals surface area contributed by atoms with Crippen LogP contribution in [0.2, 0.25) is 0 Å². The Morgan fingerprint density at radius 1 is 1.23 bits per heavy atom. The first-order valence-corrected chi connectivity index (χ1v) is 8.09. The van der Waals surface area contributed by atoms with Gasteiger partial charge in [0.15, 0.2) is 6.10 Å². The van der Waals surface area contributed by atoms with Gasteiger partial charge >= 0.3 is 5.97 Å². The number of nitrogens with two attached hydrogens (primary N) is 1. The van der Waals surface area contributed by atoms with Crippen molar-refractivity contribution in [2.24, 2.45) is 5.73 Å². The fourth-order valence-corrected chi connectivity index (χ4v) is 2.93. The van der Waals surface area contributed by atoms with Gasteiger partial charge in [0, 0.05) is 13.1 Å². The molecule has 0 aromatic heterocycles. The number of nitrogens with zero attached hydrogens (tertiary/aromatic N) is 1. The van der Waals surface area contributed by atoms with Gasteiger partial charge in [0.05, 0.1) is 10.5 Å². The third-order valence-electron chi connectivity index (χ3n) is 3.16. The van der Waals surface area contributed by atoms with E-state index in [1.807, 2.05) is 0 Å². The largest absolute Gasteiger partial charge is 0.449 e. The second-order valence-electron chi connectivity index (χ2n) is 5.09. The SMILES string of the molecule is CC(C)N(C)S(=O)(=O)c1cccc(C(=O)O[C@@H](C)C(N)=O)c1. The zero-order valence-electron chi connectivity index (χ0n) is 12.9. The Labute approximate surface area is 130 Å². The van der Waals surface area contributed by atoms with E-state index >= 15 is 0 Å². The van der Waals surface area contributed by atoms with Crippen molar-refractivity contribution in [2.75, 3.05) is 7.05 Å². The first-order chi connectivity index (χ1) is 10.1. The van der Waals surface area contributed by atoms with Gasteiger partial charge in [-0.15, -0.1) is 0 Å². The van der Waals surface area contributed by atoms with Crippen molar-refractivity contribution in [3.63, 3.8) is 0 Å². The number of sulfonamides is 1. The molecule has 22 heavy (non-hydrogen) atoms. The highest BCUT2D eigenvalue weighted by Crippen LogP contribution is 2.18. The fraction of sp³-hybridized carbons (Fsp3) is 0.429. The molecule has 0 fully saturated rings. The van der Waals surface area contributed by atoms with Crippen molar-refractivity contribution < 1.29 is 22.7 Å². The minimum Gasteiger partial charge on any atom is -0.449 e. The Bertz CT molecular complexity index is 670. The summed E-state index contributed by atoms with van der Waals surface area (Å²) in [5.41, 5.74) is 5.05. The molecule has 0 radical (unpaired) electrons. The Balaban J connectivity index is 3.10. The minimum atomic E-state index is -3.71. The lowest BCUT2D eigenvalue weighted by Gasteiger charge is -2.21. The van der Waals surface area contributed by atoms with Crippen molar-refractivity contribution in [1.29, 1.82) is 0 Å². The number of carbonyl (C=O) groups is 2. The van der Waals surface area contributed by atoms with Gasteiger partial charge in [0.1, 0.15) is 0 Å². The summed E-state index contributed by atoms with van der Waals surface area (Å²) in [6, 6.07) is 5.22. The lowest BCUT2D eigenvalue weighted by molar-refractivity contribution is -0.125. The van der Waals surface area contributed by atoms with Crippen LogP contribution in [0.3, 0.4) is 0 Å². The number of primary amides is 1. The van der Waals surface area contributed by atoms with Crippen molar-refractivity contribution in [2.45, 2.75) is 37.8 Å². The molecule has 0 unspecified atom stereocenters. The Morgan fingerprint density at radius 2 is 1.82 bits per heavy atom. The molecule has 1 atom stereocenters. The lowest BCUT2D eigenvalue weighted by Crippen LogP contribution is -2.33. The highest BCUT2D eigenvalue weighted by molar-refractivity contribution is 7.89. The predicted octanol–water partition coefficient (Wildman–Crippen LogP) is 0.746. The molecule has 0 spiro atoms. The summed E-state index contributed by atoms with van der Waals surface area (Å²) in [6.45, 7) is 4.82. The van der Waals surface area contributed by atoms with Crippen LogP contribution in [0.1, 0.15) is 31.1 Å². The summed E-state index contributed by atoms with van der Waals surface area (Å²) in [7, 11) is -2.25. The van der Waals surface area contributed by atoms with Gasteiger partial charge in [-0.05, 0) is 39.0 Å². The third-order valence-corrected chi connectivity index (χ3v) is 5.19. The van der Waals surface area contributed by atoms with Gasteiger partial charge in [-0.3, -0.25) is 4.79 Å². The van der Waals surface area contributed by atoms with Crippen molar-refractivity contribution in [3.05, 3.63) is 29.8 Å². The second-order valence-corrected chi connectivity index (χ2v) is 7.09. The molecule has 0 bridgehead atoms. The Morgan fingerprint density at radius 3 is 2.32 bits per heavy atom. The van der Waals surface area contributed by atoms with Crippen LogP contribution in [0.25, 0.3) is 0 Å². The van der Waals surface area contributed by atoms with Gasteiger partial charge in [-0.25, -0.2) is 13.2 Å². The van der Waals surface area contributed by atoms with E-state index in [-0.39, 0.29) is 16.5 Å². The molecule has 0 aliphatic rings. The summed E-state index contributed by atoms with van der Waals surface area (Å²) in [4.78, 5) is 22.8. The number of amides is 1. The summed E-state index contributed by atoms with van der Waals surface area (Å²) >= 11 is 0. The summed E-state index contributed by atoms with van der Waals surface area (Å²) in [5.74, 6) is -1.59. The average Bonchev–Trinajstić information content (AvgIpc) is 2.46. The van der Waals surface area contributed by atoms with Crippen LogP contribution in [0.15, 0.2) is 29.2 Å². The third kappa shape index (κ3) is 4.05. The molecule has 1 aromatic rings. The van der Waals surface area contributed by atoms with E-state index in [1.165, 1.54) is 42.5 Å². The van der Waals surface area contributed by atoms with Crippen LogP contribution in [-0.4, -0.2) is 43.8 Å². The maximum absolute atomic E-state index is 12.4. The van der Waals surface area contributed by atoms with E-state index in [0.29, 0.717) is 0 Å². The van der Waals surface area contributed by atoms with Crippen LogP contribution in [0.5, 0.6) is 0 Å². The molecule has 0 aliphatic heterocycles. The van der Waals surface area contributed by atoms with Crippen molar-refractivity contribution in [1.82, 2.24) is 4.31 Å².